The summed E-state index contributed by atoms with van der Waals surface area (Å²) in [6.07, 6.45) is 2.87. The number of nitrogens with zero attached hydrogens (tertiary/aromatic N) is 5. The Labute approximate surface area is 106 Å². The molecule has 0 amide bonds. The standard InChI is InChI=1S/C11H7N5OS/c17-11(9-6-13-18-14-9)10-7-12-15-16(10)8-4-2-1-3-5-8/h1-7H. The third kappa shape index (κ3) is 1.80. The molecule has 0 spiro atoms. The van der Waals surface area contributed by atoms with Crippen molar-refractivity contribution in [3.05, 3.63) is 54.1 Å². The Kier molecular flexibility index (Phi) is 2.66. The molecule has 3 aromatic rings. The van der Waals surface area contributed by atoms with Crippen molar-refractivity contribution < 1.29 is 4.79 Å². The molecule has 0 radical (unpaired) electrons. The maximum Gasteiger partial charge on any atom is 0.234 e. The van der Waals surface area contributed by atoms with E-state index < -0.39 is 0 Å². The topological polar surface area (TPSA) is 73.6 Å². The number of benzene rings is 1. The Morgan fingerprint density at radius 2 is 2.00 bits per heavy atom. The van der Waals surface area contributed by atoms with Crippen molar-refractivity contribution in [2.24, 2.45) is 0 Å². The molecule has 0 aliphatic rings. The van der Waals surface area contributed by atoms with Crippen molar-refractivity contribution in [2.45, 2.75) is 0 Å². The lowest BCUT2D eigenvalue weighted by Crippen LogP contribution is -2.10. The number of para-hydroxylation sites is 1. The van der Waals surface area contributed by atoms with Gasteiger partial charge in [0.1, 0.15) is 11.4 Å². The second-order valence-electron chi connectivity index (χ2n) is 3.49. The van der Waals surface area contributed by atoms with Crippen molar-refractivity contribution in [3.63, 3.8) is 0 Å². The fraction of sp³-hybridized carbons (Fsp3) is 0. The van der Waals surface area contributed by atoms with E-state index >= 15 is 0 Å². The van der Waals surface area contributed by atoms with Gasteiger partial charge in [0, 0.05) is 0 Å². The highest BCUT2D eigenvalue weighted by atomic mass is 32.1. The van der Waals surface area contributed by atoms with Crippen LogP contribution in [0.5, 0.6) is 0 Å². The molecule has 0 fully saturated rings. The van der Waals surface area contributed by atoms with Crippen LogP contribution in [0.1, 0.15) is 16.2 Å². The molecule has 0 unspecified atom stereocenters. The Bertz CT molecular complexity index is 662. The van der Waals surface area contributed by atoms with Gasteiger partial charge in [-0.05, 0) is 12.1 Å². The number of ketones is 1. The number of aromatic nitrogens is 5. The fourth-order valence-electron chi connectivity index (χ4n) is 1.55. The van der Waals surface area contributed by atoms with E-state index in [1.165, 1.54) is 17.1 Å². The van der Waals surface area contributed by atoms with Gasteiger partial charge in [-0.2, -0.15) is 8.75 Å². The monoisotopic (exact) mass is 257 g/mol. The van der Waals surface area contributed by atoms with E-state index in [-0.39, 0.29) is 5.78 Å². The van der Waals surface area contributed by atoms with Crippen LogP contribution in [0.4, 0.5) is 0 Å². The molecule has 1 aromatic carbocycles. The Hall–Kier alpha value is -2.41. The number of hydrogen-bond acceptors (Lipinski definition) is 6. The lowest BCUT2D eigenvalue weighted by Gasteiger charge is -2.03. The van der Waals surface area contributed by atoms with Gasteiger partial charge < -0.3 is 0 Å². The smallest absolute Gasteiger partial charge is 0.234 e. The highest BCUT2D eigenvalue weighted by molar-refractivity contribution is 6.99. The SMILES string of the molecule is O=C(c1cnsn1)c1cnnn1-c1ccccc1. The van der Waals surface area contributed by atoms with Gasteiger partial charge in [-0.25, -0.2) is 4.68 Å². The summed E-state index contributed by atoms with van der Waals surface area (Å²) < 4.78 is 9.22. The van der Waals surface area contributed by atoms with Crippen LogP contribution in [0.25, 0.3) is 5.69 Å². The largest absolute Gasteiger partial charge is 0.285 e. The summed E-state index contributed by atoms with van der Waals surface area (Å²) >= 11 is 0.996. The van der Waals surface area contributed by atoms with Crippen molar-refractivity contribution in [2.75, 3.05) is 0 Å². The second-order valence-corrected chi connectivity index (χ2v) is 4.05. The number of carbonyl (C=O) groups is 1. The fourth-order valence-corrected chi connectivity index (χ4v) is 1.96. The molecular weight excluding hydrogens is 250 g/mol. The summed E-state index contributed by atoms with van der Waals surface area (Å²) in [4.78, 5) is 12.2. The summed E-state index contributed by atoms with van der Waals surface area (Å²) in [6, 6.07) is 9.34. The van der Waals surface area contributed by atoms with Gasteiger partial charge in [0.25, 0.3) is 0 Å². The number of hydrogen-bond donors (Lipinski definition) is 0. The van der Waals surface area contributed by atoms with Crippen LogP contribution in [-0.2, 0) is 0 Å². The van der Waals surface area contributed by atoms with Gasteiger partial charge >= 0.3 is 0 Å². The van der Waals surface area contributed by atoms with E-state index in [0.29, 0.717) is 11.4 Å². The first-order valence-corrected chi connectivity index (χ1v) is 5.87. The molecule has 2 aromatic heterocycles. The minimum absolute atomic E-state index is 0.238. The zero-order valence-corrected chi connectivity index (χ0v) is 9.91. The van der Waals surface area contributed by atoms with E-state index in [9.17, 15) is 4.79 Å². The average Bonchev–Trinajstić information content (AvgIpc) is 3.10. The lowest BCUT2D eigenvalue weighted by atomic mass is 10.2. The number of carbonyl (C=O) groups excluding carboxylic acids is 1. The molecule has 88 valence electrons. The normalized spacial score (nSPS) is 10.4. The predicted octanol–water partition coefficient (Wildman–Crippen LogP) is 1.35. The van der Waals surface area contributed by atoms with Gasteiger partial charge in [0.15, 0.2) is 0 Å². The van der Waals surface area contributed by atoms with Crippen LogP contribution in [0, 0.1) is 0 Å². The summed E-state index contributed by atoms with van der Waals surface area (Å²) in [6.45, 7) is 0. The minimum atomic E-state index is -0.238. The summed E-state index contributed by atoms with van der Waals surface area (Å²) in [5.41, 5.74) is 1.45. The first-order chi connectivity index (χ1) is 8.86. The van der Waals surface area contributed by atoms with Gasteiger partial charge in [0.05, 0.1) is 29.8 Å². The van der Waals surface area contributed by atoms with Crippen LogP contribution in [-0.4, -0.2) is 29.5 Å². The lowest BCUT2D eigenvalue weighted by molar-refractivity contribution is 0.102. The Morgan fingerprint density at radius 1 is 1.17 bits per heavy atom. The molecule has 0 atom stereocenters. The Morgan fingerprint density at radius 3 is 2.72 bits per heavy atom. The maximum absolute atomic E-state index is 12.2. The molecule has 0 bridgehead atoms. The predicted molar refractivity (Wildman–Crippen MR) is 64.7 cm³/mol. The highest BCUT2D eigenvalue weighted by Crippen LogP contribution is 2.12. The molecule has 6 nitrogen and oxygen atoms in total. The summed E-state index contributed by atoms with van der Waals surface area (Å²) in [5.74, 6) is -0.238. The Balaban J connectivity index is 2.05. The average molecular weight is 257 g/mol. The molecule has 0 aliphatic heterocycles. The molecule has 2 heterocycles. The van der Waals surface area contributed by atoms with E-state index in [1.807, 2.05) is 30.3 Å². The first-order valence-electron chi connectivity index (χ1n) is 5.14. The summed E-state index contributed by atoms with van der Waals surface area (Å²) in [7, 11) is 0. The van der Waals surface area contributed by atoms with Gasteiger partial charge in [-0.15, -0.1) is 5.10 Å². The molecular formula is C11H7N5OS. The van der Waals surface area contributed by atoms with Crippen LogP contribution in [0.3, 0.4) is 0 Å². The van der Waals surface area contributed by atoms with E-state index in [4.69, 9.17) is 0 Å². The van der Waals surface area contributed by atoms with Crippen LogP contribution in [0.2, 0.25) is 0 Å². The van der Waals surface area contributed by atoms with E-state index in [2.05, 4.69) is 19.1 Å². The van der Waals surface area contributed by atoms with Gasteiger partial charge in [-0.3, -0.25) is 4.79 Å². The zero-order valence-electron chi connectivity index (χ0n) is 9.09. The highest BCUT2D eigenvalue weighted by Gasteiger charge is 2.18. The maximum atomic E-state index is 12.2. The quantitative estimate of drug-likeness (QED) is 0.662. The van der Waals surface area contributed by atoms with Crippen LogP contribution < -0.4 is 0 Å². The zero-order chi connectivity index (χ0) is 12.4. The number of rotatable bonds is 3. The van der Waals surface area contributed by atoms with Crippen molar-refractivity contribution in [1.82, 2.24) is 23.7 Å². The summed E-state index contributed by atoms with van der Waals surface area (Å²) in [5, 5.41) is 7.70. The van der Waals surface area contributed by atoms with Crippen LogP contribution in [0.15, 0.2) is 42.7 Å². The minimum Gasteiger partial charge on any atom is -0.285 e. The van der Waals surface area contributed by atoms with E-state index in [0.717, 1.165) is 17.4 Å². The van der Waals surface area contributed by atoms with Crippen molar-refractivity contribution in [3.8, 4) is 5.69 Å². The van der Waals surface area contributed by atoms with Crippen LogP contribution >= 0.6 is 11.7 Å². The molecule has 0 saturated carbocycles. The van der Waals surface area contributed by atoms with Crippen molar-refractivity contribution >= 4 is 17.5 Å². The molecule has 0 aliphatic carbocycles. The molecule has 7 heteroatoms. The third-order valence-electron chi connectivity index (χ3n) is 2.38. The molecule has 0 N–H and O–H groups in total. The van der Waals surface area contributed by atoms with E-state index in [1.54, 1.807) is 0 Å². The second kappa shape index (κ2) is 4.46. The molecule has 3 rings (SSSR count). The first kappa shape index (κ1) is 10.7. The van der Waals surface area contributed by atoms with Gasteiger partial charge in [-0.1, -0.05) is 23.4 Å². The molecule has 0 saturated heterocycles. The van der Waals surface area contributed by atoms with Crippen molar-refractivity contribution in [1.29, 1.82) is 0 Å². The van der Waals surface area contributed by atoms with Gasteiger partial charge in [0.2, 0.25) is 5.78 Å². The molecule has 18 heavy (non-hydrogen) atoms. The third-order valence-corrected chi connectivity index (χ3v) is 2.85.